The second-order valence-electron chi connectivity index (χ2n) is 6.65. The molecule has 0 aliphatic heterocycles. The molecule has 0 unspecified atom stereocenters. The van der Waals surface area contributed by atoms with Gasteiger partial charge in [0.05, 0.1) is 12.8 Å². The molecular formula is C21H23NO4. The van der Waals surface area contributed by atoms with Crippen LogP contribution in [0.25, 0.3) is 6.08 Å². The Labute approximate surface area is 153 Å². The molecule has 5 nitrogen and oxygen atoms in total. The van der Waals surface area contributed by atoms with Gasteiger partial charge in [0, 0.05) is 11.6 Å². The van der Waals surface area contributed by atoms with Gasteiger partial charge in [0.15, 0.2) is 17.8 Å². The van der Waals surface area contributed by atoms with Crippen LogP contribution in [0.4, 0.5) is 5.69 Å². The fourth-order valence-electron chi connectivity index (χ4n) is 2.26. The van der Waals surface area contributed by atoms with Crippen LogP contribution in [0.2, 0.25) is 0 Å². The third-order valence-corrected chi connectivity index (χ3v) is 3.38. The summed E-state index contributed by atoms with van der Waals surface area (Å²) in [6, 6.07) is 12.3. The predicted molar refractivity (Wildman–Crippen MR) is 103 cm³/mol. The summed E-state index contributed by atoms with van der Waals surface area (Å²) in [6.07, 6.45) is 3.78. The average molecular weight is 353 g/mol. The number of hydrogen-bond donors (Lipinski definition) is 1. The molecule has 2 rings (SSSR count). The highest BCUT2D eigenvalue weighted by molar-refractivity contribution is 6.04. The molecule has 0 heterocycles. The van der Waals surface area contributed by atoms with E-state index in [0.29, 0.717) is 29.0 Å². The molecule has 1 amide bonds. The van der Waals surface area contributed by atoms with Gasteiger partial charge in [-0.05, 0) is 56.7 Å². The van der Waals surface area contributed by atoms with E-state index in [1.807, 2.05) is 32.9 Å². The minimum Gasteiger partial charge on any atom is -0.493 e. The molecule has 136 valence electrons. The van der Waals surface area contributed by atoms with Gasteiger partial charge >= 0.3 is 0 Å². The number of hydrogen-bond acceptors (Lipinski definition) is 4. The molecule has 0 fully saturated rings. The van der Waals surface area contributed by atoms with Crippen molar-refractivity contribution in [2.45, 2.75) is 26.4 Å². The minimum absolute atomic E-state index is 0.326. The number of anilines is 1. The SMILES string of the molecule is COc1cc(/C=C/C(=O)Nc2ccccc2C=O)ccc1OC(C)(C)C. The van der Waals surface area contributed by atoms with E-state index in [9.17, 15) is 9.59 Å². The molecular weight excluding hydrogens is 330 g/mol. The second kappa shape index (κ2) is 8.34. The molecule has 1 N–H and O–H groups in total. The van der Waals surface area contributed by atoms with E-state index in [-0.39, 0.29) is 11.5 Å². The highest BCUT2D eigenvalue weighted by atomic mass is 16.5. The van der Waals surface area contributed by atoms with Crippen molar-refractivity contribution in [3.63, 3.8) is 0 Å². The molecule has 0 saturated heterocycles. The Balaban J connectivity index is 2.12. The maximum absolute atomic E-state index is 12.1. The molecule has 2 aromatic carbocycles. The van der Waals surface area contributed by atoms with Crippen LogP contribution in [0.1, 0.15) is 36.7 Å². The first-order valence-electron chi connectivity index (χ1n) is 8.23. The van der Waals surface area contributed by atoms with Crippen LogP contribution in [0.15, 0.2) is 48.5 Å². The molecule has 0 spiro atoms. The third kappa shape index (κ3) is 5.48. The van der Waals surface area contributed by atoms with Crippen LogP contribution in [0, 0.1) is 0 Å². The van der Waals surface area contributed by atoms with Gasteiger partial charge in [-0.1, -0.05) is 18.2 Å². The summed E-state index contributed by atoms with van der Waals surface area (Å²) in [5.41, 5.74) is 1.36. The quantitative estimate of drug-likeness (QED) is 0.620. The Kier molecular flexibility index (Phi) is 6.17. The van der Waals surface area contributed by atoms with Crippen LogP contribution < -0.4 is 14.8 Å². The highest BCUT2D eigenvalue weighted by Crippen LogP contribution is 2.31. The molecule has 26 heavy (non-hydrogen) atoms. The highest BCUT2D eigenvalue weighted by Gasteiger charge is 2.15. The lowest BCUT2D eigenvalue weighted by molar-refractivity contribution is -0.111. The van der Waals surface area contributed by atoms with Gasteiger partial charge < -0.3 is 14.8 Å². The van der Waals surface area contributed by atoms with Crippen molar-refractivity contribution in [2.24, 2.45) is 0 Å². The third-order valence-electron chi connectivity index (χ3n) is 3.38. The zero-order valence-electron chi connectivity index (χ0n) is 15.4. The summed E-state index contributed by atoms with van der Waals surface area (Å²) < 4.78 is 11.2. The number of aldehydes is 1. The maximum Gasteiger partial charge on any atom is 0.248 e. The van der Waals surface area contributed by atoms with Gasteiger partial charge in [0.2, 0.25) is 5.91 Å². The molecule has 0 atom stereocenters. The number of para-hydroxylation sites is 1. The molecule has 0 saturated carbocycles. The number of carbonyl (C=O) groups excluding carboxylic acids is 2. The topological polar surface area (TPSA) is 64.6 Å². The number of rotatable bonds is 6. The van der Waals surface area contributed by atoms with Crippen LogP contribution in [0.3, 0.4) is 0 Å². The number of amides is 1. The van der Waals surface area contributed by atoms with Crippen LogP contribution in [0.5, 0.6) is 11.5 Å². The molecule has 0 aliphatic carbocycles. The summed E-state index contributed by atoms with van der Waals surface area (Å²) in [4.78, 5) is 23.1. The monoisotopic (exact) mass is 353 g/mol. The first-order valence-corrected chi connectivity index (χ1v) is 8.23. The predicted octanol–water partition coefficient (Wildman–Crippen LogP) is 4.34. The largest absolute Gasteiger partial charge is 0.493 e. The number of nitrogens with one attached hydrogen (secondary N) is 1. The number of ether oxygens (including phenoxy) is 2. The first-order chi connectivity index (χ1) is 12.3. The first kappa shape index (κ1) is 19.2. The lowest BCUT2D eigenvalue weighted by Crippen LogP contribution is -2.23. The minimum atomic E-state index is -0.337. The summed E-state index contributed by atoms with van der Waals surface area (Å²) >= 11 is 0. The number of benzene rings is 2. The van der Waals surface area contributed by atoms with E-state index >= 15 is 0 Å². The van der Waals surface area contributed by atoms with Gasteiger partial charge in [0.25, 0.3) is 0 Å². The normalized spacial score (nSPS) is 11.2. The van der Waals surface area contributed by atoms with Crippen LogP contribution in [-0.4, -0.2) is 24.9 Å². The van der Waals surface area contributed by atoms with Crippen LogP contribution >= 0.6 is 0 Å². The van der Waals surface area contributed by atoms with Crippen molar-refractivity contribution < 1.29 is 19.1 Å². The molecule has 2 aromatic rings. The zero-order chi connectivity index (χ0) is 19.2. The van der Waals surface area contributed by atoms with E-state index in [1.165, 1.54) is 6.08 Å². The van der Waals surface area contributed by atoms with Gasteiger partial charge in [-0.2, -0.15) is 0 Å². The summed E-state index contributed by atoms with van der Waals surface area (Å²) in [6.45, 7) is 5.88. The van der Waals surface area contributed by atoms with Crippen molar-refractivity contribution in [3.8, 4) is 11.5 Å². The zero-order valence-corrected chi connectivity index (χ0v) is 15.4. The summed E-state index contributed by atoms with van der Waals surface area (Å²) in [7, 11) is 1.57. The fourth-order valence-corrected chi connectivity index (χ4v) is 2.26. The Bertz CT molecular complexity index is 819. The van der Waals surface area contributed by atoms with Gasteiger partial charge in [-0.3, -0.25) is 9.59 Å². The molecule has 0 radical (unpaired) electrons. The standard InChI is InChI=1S/C21H23NO4/c1-21(2,3)26-18-11-9-15(13-19(18)25-4)10-12-20(24)22-17-8-6-5-7-16(17)14-23/h5-14H,1-4H3,(H,22,24)/b12-10+. The van der Waals surface area contributed by atoms with Crippen molar-refractivity contribution in [1.29, 1.82) is 0 Å². The Morgan fingerprint density at radius 1 is 1.08 bits per heavy atom. The van der Waals surface area contributed by atoms with E-state index < -0.39 is 0 Å². The van der Waals surface area contributed by atoms with Crippen molar-refractivity contribution in [2.75, 3.05) is 12.4 Å². The second-order valence-corrected chi connectivity index (χ2v) is 6.65. The average Bonchev–Trinajstić information content (AvgIpc) is 2.60. The van der Waals surface area contributed by atoms with Gasteiger partial charge in [0.1, 0.15) is 5.60 Å². The van der Waals surface area contributed by atoms with E-state index in [4.69, 9.17) is 9.47 Å². The van der Waals surface area contributed by atoms with E-state index in [2.05, 4.69) is 5.32 Å². The Hall–Kier alpha value is -3.08. The van der Waals surface area contributed by atoms with Crippen molar-refractivity contribution >= 4 is 24.0 Å². The number of carbonyl (C=O) groups is 2. The summed E-state index contributed by atoms with van der Waals surface area (Å²) in [5.74, 6) is 0.906. The van der Waals surface area contributed by atoms with Crippen molar-refractivity contribution in [3.05, 3.63) is 59.7 Å². The lowest BCUT2D eigenvalue weighted by Gasteiger charge is -2.22. The summed E-state index contributed by atoms with van der Waals surface area (Å²) in [5, 5.41) is 2.69. The smallest absolute Gasteiger partial charge is 0.248 e. The Morgan fingerprint density at radius 2 is 1.81 bits per heavy atom. The van der Waals surface area contributed by atoms with Gasteiger partial charge in [-0.25, -0.2) is 0 Å². The van der Waals surface area contributed by atoms with E-state index in [0.717, 1.165) is 5.56 Å². The Morgan fingerprint density at radius 3 is 2.46 bits per heavy atom. The maximum atomic E-state index is 12.1. The van der Waals surface area contributed by atoms with E-state index in [1.54, 1.807) is 43.5 Å². The van der Waals surface area contributed by atoms with Crippen molar-refractivity contribution in [1.82, 2.24) is 0 Å². The number of methoxy groups -OCH3 is 1. The molecule has 0 bridgehead atoms. The molecule has 5 heteroatoms. The molecule has 0 aliphatic rings. The van der Waals surface area contributed by atoms with Gasteiger partial charge in [-0.15, -0.1) is 0 Å². The molecule has 0 aromatic heterocycles. The fraction of sp³-hybridized carbons (Fsp3) is 0.238. The van der Waals surface area contributed by atoms with Crippen LogP contribution in [-0.2, 0) is 4.79 Å². The lowest BCUT2D eigenvalue weighted by atomic mass is 10.1.